The molecule has 0 aliphatic heterocycles. The maximum absolute atomic E-state index is 5.57. The smallest absolute Gasteiger partial charge is 0.0787 e. The molecule has 46 heavy (non-hydrogen) atoms. The summed E-state index contributed by atoms with van der Waals surface area (Å²) in [6.45, 7) is 11.7. The Morgan fingerprint density at radius 1 is 0.978 bits per heavy atom. The molecule has 0 amide bonds. The fraction of sp³-hybridized carbons (Fsp3) is 0.186. The van der Waals surface area contributed by atoms with E-state index in [1.54, 1.807) is 11.8 Å². The van der Waals surface area contributed by atoms with Crippen LogP contribution in [0.3, 0.4) is 0 Å². The molecular weight excluding hydrogens is 595 g/mol. The molecule has 1 nitrogen and oxygen atoms in total. The molecule has 0 saturated carbocycles. The third-order valence-electron chi connectivity index (χ3n) is 8.20. The predicted octanol–water partition coefficient (Wildman–Crippen LogP) is 11.4. The quantitative estimate of drug-likeness (QED) is 0.128. The van der Waals surface area contributed by atoms with E-state index in [2.05, 4.69) is 96.7 Å². The highest BCUT2D eigenvalue weighted by atomic mass is 32.2. The van der Waals surface area contributed by atoms with Crippen LogP contribution in [0.2, 0.25) is 0 Å². The average Bonchev–Trinajstić information content (AvgIpc) is 3.55. The lowest BCUT2D eigenvalue weighted by molar-refractivity contribution is 0.714. The van der Waals surface area contributed by atoms with E-state index in [9.17, 15) is 0 Å². The molecule has 3 heteroatoms. The normalized spacial score (nSPS) is 22.2. The summed E-state index contributed by atoms with van der Waals surface area (Å²) in [6, 6.07) is 8.83. The summed E-state index contributed by atoms with van der Waals surface area (Å²) >= 11 is 6.62. The van der Waals surface area contributed by atoms with Crippen LogP contribution in [0.1, 0.15) is 43.7 Å². The number of rotatable bonds is 13. The van der Waals surface area contributed by atoms with Crippen molar-refractivity contribution < 1.29 is 0 Å². The number of thioether (sulfide) groups is 1. The molecule has 4 rings (SSSR count). The van der Waals surface area contributed by atoms with Gasteiger partial charge >= 0.3 is 0 Å². The van der Waals surface area contributed by atoms with E-state index >= 15 is 0 Å². The summed E-state index contributed by atoms with van der Waals surface area (Å²) < 4.78 is 0. The summed E-state index contributed by atoms with van der Waals surface area (Å²) in [4.78, 5) is 1.14. The van der Waals surface area contributed by atoms with Crippen LogP contribution in [0.25, 0.3) is 0 Å². The maximum atomic E-state index is 5.57. The molecule has 0 saturated heterocycles. The number of hydrogen-bond donors (Lipinski definition) is 2. The molecule has 0 bridgehead atoms. The van der Waals surface area contributed by atoms with Gasteiger partial charge < -0.3 is 5.73 Å². The molecule has 1 aromatic rings. The average molecular weight is 640 g/mol. The second-order valence-electron chi connectivity index (χ2n) is 11.2. The number of fused-ring (bicyclic) bond motifs is 1. The highest BCUT2D eigenvalue weighted by Crippen LogP contribution is 2.54. The van der Waals surface area contributed by atoms with Gasteiger partial charge in [0, 0.05) is 17.0 Å². The third kappa shape index (κ3) is 8.63. The van der Waals surface area contributed by atoms with Crippen LogP contribution in [-0.4, -0.2) is 6.54 Å². The first-order valence-corrected chi connectivity index (χ1v) is 17.3. The van der Waals surface area contributed by atoms with Crippen molar-refractivity contribution in [2.45, 2.75) is 44.4 Å². The zero-order valence-electron chi connectivity index (χ0n) is 26.9. The van der Waals surface area contributed by atoms with Gasteiger partial charge in [0.1, 0.15) is 0 Å². The predicted molar refractivity (Wildman–Crippen MR) is 208 cm³/mol. The second-order valence-corrected chi connectivity index (χ2v) is 12.4. The summed E-state index contributed by atoms with van der Waals surface area (Å²) in [5.41, 5.74) is 17.9. The Balaban J connectivity index is 1.87. The van der Waals surface area contributed by atoms with Gasteiger partial charge in [-0.1, -0.05) is 146 Å². The highest BCUT2D eigenvalue weighted by Gasteiger charge is 2.45. The Hall–Kier alpha value is -3.98. The summed E-state index contributed by atoms with van der Waals surface area (Å²) in [6.07, 6.45) is 40.5. The highest BCUT2D eigenvalue weighted by molar-refractivity contribution is 8.06. The molecule has 1 atom stereocenters. The lowest BCUT2D eigenvalue weighted by atomic mass is 9.61. The Morgan fingerprint density at radius 3 is 2.59 bits per heavy atom. The van der Waals surface area contributed by atoms with E-state index in [1.165, 1.54) is 22.3 Å². The monoisotopic (exact) mass is 639 g/mol. The van der Waals surface area contributed by atoms with Crippen molar-refractivity contribution in [1.82, 2.24) is 0 Å². The van der Waals surface area contributed by atoms with E-state index < -0.39 is 5.41 Å². The molecule has 0 radical (unpaired) electrons. The van der Waals surface area contributed by atoms with E-state index in [0.29, 0.717) is 6.54 Å². The van der Waals surface area contributed by atoms with Gasteiger partial charge in [-0.25, -0.2) is 0 Å². The fourth-order valence-electron chi connectivity index (χ4n) is 5.96. The summed E-state index contributed by atoms with van der Waals surface area (Å²) in [7, 11) is 0. The molecular formula is C43H45NS2. The molecule has 1 unspecified atom stereocenters. The van der Waals surface area contributed by atoms with Gasteiger partial charge in [0.15, 0.2) is 0 Å². The lowest BCUT2D eigenvalue weighted by Gasteiger charge is -2.41. The first-order chi connectivity index (χ1) is 22.6. The summed E-state index contributed by atoms with van der Waals surface area (Å²) in [5.74, 6) is 0. The number of thiol groups is 1. The maximum Gasteiger partial charge on any atom is 0.0787 e. The van der Waals surface area contributed by atoms with Crippen LogP contribution < -0.4 is 5.73 Å². The van der Waals surface area contributed by atoms with E-state index in [0.717, 1.165) is 59.3 Å². The van der Waals surface area contributed by atoms with E-state index in [1.807, 2.05) is 60.9 Å². The van der Waals surface area contributed by atoms with E-state index in [4.69, 9.17) is 24.9 Å². The van der Waals surface area contributed by atoms with Crippen molar-refractivity contribution in [3.63, 3.8) is 0 Å². The van der Waals surface area contributed by atoms with Crippen LogP contribution >= 0.6 is 24.4 Å². The fourth-order valence-corrected chi connectivity index (χ4v) is 7.02. The number of aryl methyl sites for hydroxylation is 1. The Morgan fingerprint density at radius 2 is 1.80 bits per heavy atom. The van der Waals surface area contributed by atoms with Crippen LogP contribution in [0, 0.1) is 0 Å². The Bertz CT molecular complexity index is 1700. The molecule has 234 valence electrons. The van der Waals surface area contributed by atoms with Gasteiger partial charge in [0.25, 0.3) is 0 Å². The molecule has 3 aliphatic rings. The van der Waals surface area contributed by atoms with Crippen LogP contribution in [0.4, 0.5) is 0 Å². The Kier molecular flexibility index (Phi) is 13.8. The Labute approximate surface area is 286 Å². The number of hydrogen-bond acceptors (Lipinski definition) is 3. The number of benzene rings is 1. The van der Waals surface area contributed by atoms with Crippen LogP contribution in [-0.2, 0) is 11.8 Å². The molecule has 0 aromatic heterocycles. The van der Waals surface area contributed by atoms with E-state index in [-0.39, 0.29) is 0 Å². The van der Waals surface area contributed by atoms with Gasteiger partial charge in [-0.15, -0.1) is 5.73 Å². The largest absolute Gasteiger partial charge is 0.327 e. The van der Waals surface area contributed by atoms with Gasteiger partial charge in [0.05, 0.1) is 5.41 Å². The molecule has 0 fully saturated rings. The minimum absolute atomic E-state index is 0.529. The molecule has 0 heterocycles. The van der Waals surface area contributed by atoms with Crippen molar-refractivity contribution in [2.24, 2.45) is 5.73 Å². The van der Waals surface area contributed by atoms with Crippen molar-refractivity contribution in [2.75, 3.05) is 6.54 Å². The standard InChI is InChI=1S/C43H45NS2/c1-4-5-6-9-17-31-46-42-25-18-24-41(42)43(35(3)27-26-34(2)19-11-7-8-16-30-44)39(33-45)32-38(36-20-12-10-13-21-36)29-28-37-22-14-15-23-40(37)43/h4-12,14-18,20,22-23,25-27,31-33,45H,2-3,13,19,21,28-30,44H2,1H3/b5-4-,9-6+,11-7-,16-8-,27-26-,31-17+,38-32+,39-33-. The van der Waals surface area contributed by atoms with Gasteiger partial charge in [-0.3, -0.25) is 0 Å². The van der Waals surface area contributed by atoms with Gasteiger partial charge in [-0.2, -0.15) is 12.6 Å². The van der Waals surface area contributed by atoms with Crippen molar-refractivity contribution in [3.8, 4) is 0 Å². The SMILES string of the molecule is C=C(/C=C\C(=C)C1(C2=C=CC=C2S/C=C/C=C/C=C\C)C(=C\S)/C=C(/C2=CC=CCC2)CCc2ccccc21)C/C=C\C=C/CN. The van der Waals surface area contributed by atoms with Gasteiger partial charge in [-0.05, 0) is 95.4 Å². The number of nitrogens with two attached hydrogens (primary N) is 1. The zero-order chi connectivity index (χ0) is 32.6. The molecule has 3 aliphatic carbocycles. The van der Waals surface area contributed by atoms with Crippen molar-refractivity contribution >= 4 is 24.4 Å². The van der Waals surface area contributed by atoms with Gasteiger partial charge in [0.2, 0.25) is 0 Å². The topological polar surface area (TPSA) is 26.0 Å². The van der Waals surface area contributed by atoms with Crippen LogP contribution in [0.15, 0.2) is 196 Å². The van der Waals surface area contributed by atoms with Crippen LogP contribution in [0.5, 0.6) is 0 Å². The first-order valence-electron chi connectivity index (χ1n) is 15.9. The van der Waals surface area contributed by atoms with Crippen molar-refractivity contribution in [1.29, 1.82) is 0 Å². The minimum Gasteiger partial charge on any atom is -0.327 e. The van der Waals surface area contributed by atoms with Crippen molar-refractivity contribution in [3.05, 3.63) is 207 Å². The second kappa shape index (κ2) is 18.2. The first kappa shape index (κ1) is 34.9. The minimum atomic E-state index is -0.716. The lowest BCUT2D eigenvalue weighted by Crippen LogP contribution is -2.34. The molecule has 1 aromatic carbocycles. The summed E-state index contributed by atoms with van der Waals surface area (Å²) in [5, 5.41) is 4.11. The zero-order valence-corrected chi connectivity index (χ0v) is 28.6. The molecule has 0 spiro atoms. The number of allylic oxidation sites excluding steroid dienone is 21. The third-order valence-corrected chi connectivity index (χ3v) is 9.36. The molecule has 2 N–H and O–H groups in total.